The van der Waals surface area contributed by atoms with Crippen LogP contribution < -0.4 is 15.4 Å². The first-order chi connectivity index (χ1) is 23.6. The lowest BCUT2D eigenvalue weighted by Gasteiger charge is -2.29. The Bertz CT molecular complexity index is 1800. The highest BCUT2D eigenvalue weighted by atomic mass is 32.1. The SMILES string of the molecule is COC(=O)[C@@]12C[C@H]1C=CCCCCC[C@H](NC(=O)CC1CC1)C(=O)N1C[C@H](Oc3nc(-c4cc(C)nn4C)nc4ccsc34)C[C@H]1C(=O)N2. The molecule has 4 aliphatic rings. The van der Waals surface area contributed by atoms with Crippen LogP contribution in [0.15, 0.2) is 29.7 Å². The maximum Gasteiger partial charge on any atom is 0.332 e. The van der Waals surface area contributed by atoms with Crippen molar-refractivity contribution < 1.29 is 28.7 Å². The smallest absolute Gasteiger partial charge is 0.332 e. The lowest BCUT2D eigenvalue weighted by Crippen LogP contribution is -2.56. The minimum atomic E-state index is -1.18. The number of hydrogen-bond donors (Lipinski definition) is 2. The molecule has 260 valence electrons. The maximum absolute atomic E-state index is 14.4. The van der Waals surface area contributed by atoms with Gasteiger partial charge in [0.15, 0.2) is 5.82 Å². The van der Waals surface area contributed by atoms with Gasteiger partial charge in [-0.05, 0) is 68.9 Å². The zero-order chi connectivity index (χ0) is 34.3. The summed E-state index contributed by atoms with van der Waals surface area (Å²) in [7, 11) is 3.15. The predicted molar refractivity (Wildman–Crippen MR) is 181 cm³/mol. The van der Waals surface area contributed by atoms with Crippen molar-refractivity contribution >= 4 is 45.2 Å². The number of rotatable bonds is 7. The number of nitrogens with zero attached hydrogens (tertiary/aromatic N) is 5. The summed E-state index contributed by atoms with van der Waals surface area (Å²) in [4.78, 5) is 65.6. The Kier molecular flexibility index (Phi) is 9.16. The quantitative estimate of drug-likeness (QED) is 0.279. The fraction of sp³-hybridized carbons (Fsp3) is 0.571. The van der Waals surface area contributed by atoms with Crippen molar-refractivity contribution in [2.24, 2.45) is 18.9 Å². The van der Waals surface area contributed by atoms with Crippen LogP contribution in [0, 0.1) is 18.8 Å². The molecule has 49 heavy (non-hydrogen) atoms. The van der Waals surface area contributed by atoms with Crippen LogP contribution in [0.2, 0.25) is 0 Å². The summed E-state index contributed by atoms with van der Waals surface area (Å²) in [5.41, 5.74) is 1.10. The van der Waals surface area contributed by atoms with Crippen LogP contribution in [-0.4, -0.2) is 85.7 Å². The second kappa shape index (κ2) is 13.5. The van der Waals surface area contributed by atoms with Gasteiger partial charge in [-0.15, -0.1) is 11.3 Å². The third-order valence-corrected chi connectivity index (χ3v) is 11.0. The molecule has 3 aromatic heterocycles. The molecule has 7 rings (SSSR count). The number of hydrogen-bond acceptors (Lipinski definition) is 10. The molecule has 3 aromatic rings. The van der Waals surface area contributed by atoms with Gasteiger partial charge in [-0.25, -0.2) is 9.78 Å². The van der Waals surface area contributed by atoms with Gasteiger partial charge >= 0.3 is 5.97 Å². The molecule has 0 unspecified atom stereocenters. The Morgan fingerprint density at radius 2 is 2.00 bits per heavy atom. The first-order valence-corrected chi connectivity index (χ1v) is 18.1. The Hall–Kier alpha value is -4.33. The number of esters is 1. The molecule has 0 spiro atoms. The van der Waals surface area contributed by atoms with Gasteiger partial charge in [0.25, 0.3) is 0 Å². The summed E-state index contributed by atoms with van der Waals surface area (Å²) in [6, 6.07) is 2.10. The highest BCUT2D eigenvalue weighted by Crippen LogP contribution is 2.46. The van der Waals surface area contributed by atoms with Crippen LogP contribution in [0.25, 0.3) is 21.7 Å². The molecule has 3 fully saturated rings. The average molecular weight is 690 g/mol. The normalized spacial score (nSPS) is 27.4. The van der Waals surface area contributed by atoms with E-state index in [1.54, 1.807) is 4.68 Å². The van der Waals surface area contributed by atoms with Crippen LogP contribution in [0.1, 0.15) is 69.9 Å². The number of amides is 3. The molecule has 0 aromatic carbocycles. The summed E-state index contributed by atoms with van der Waals surface area (Å²) >= 11 is 1.45. The molecule has 2 N–H and O–H groups in total. The van der Waals surface area contributed by atoms with E-state index in [1.165, 1.54) is 23.3 Å². The number of aryl methyl sites for hydroxylation is 2. The van der Waals surface area contributed by atoms with Crippen molar-refractivity contribution in [3.05, 3.63) is 35.4 Å². The Labute approximate surface area is 288 Å². The first kappa shape index (κ1) is 33.2. The standard InChI is InChI=1S/C35H43N7O6S/c1-20-15-26(41(2)40-20)30-37-24-13-14-49-29(24)32(38-30)48-23-17-27-31(44)39-35(34(46)47-3)18-22(35)9-7-5-4-6-8-10-25(33(45)42(27)19-23)36-28(43)16-21-11-12-21/h7,9,13-15,21-23,25,27H,4-6,8,10-12,16-19H2,1-3H3,(H,36,43)(H,39,44)/t22-,23-,25+,27+,35-/m1/s1. The van der Waals surface area contributed by atoms with Crippen LogP contribution in [0.3, 0.4) is 0 Å². The molecule has 3 amide bonds. The Morgan fingerprint density at radius 3 is 2.76 bits per heavy atom. The number of methoxy groups -OCH3 is 1. The van der Waals surface area contributed by atoms with Crippen LogP contribution >= 0.6 is 11.3 Å². The largest absolute Gasteiger partial charge is 0.471 e. The lowest BCUT2D eigenvalue weighted by atomic mass is 10.0. The van der Waals surface area contributed by atoms with Crippen LogP contribution in [-0.2, 0) is 31.0 Å². The first-order valence-electron chi connectivity index (χ1n) is 17.2. The van der Waals surface area contributed by atoms with E-state index in [4.69, 9.17) is 19.4 Å². The predicted octanol–water partition coefficient (Wildman–Crippen LogP) is 3.60. The van der Waals surface area contributed by atoms with Gasteiger partial charge in [0, 0.05) is 25.8 Å². The fourth-order valence-electron chi connectivity index (χ4n) is 7.16. The molecule has 0 bridgehead atoms. The van der Waals surface area contributed by atoms with Crippen molar-refractivity contribution in [2.45, 2.75) is 94.9 Å². The summed E-state index contributed by atoms with van der Waals surface area (Å²) in [6.07, 6.45) is 10.4. The highest BCUT2D eigenvalue weighted by Gasteiger charge is 2.62. The molecule has 2 aliphatic carbocycles. The van der Waals surface area contributed by atoms with E-state index in [0.717, 1.165) is 60.1 Å². The molecule has 5 heterocycles. The van der Waals surface area contributed by atoms with Crippen molar-refractivity contribution in [1.29, 1.82) is 0 Å². The molecule has 2 aliphatic heterocycles. The number of carbonyl (C=O) groups excluding carboxylic acids is 4. The van der Waals surface area contributed by atoms with E-state index in [-0.39, 0.29) is 30.7 Å². The zero-order valence-corrected chi connectivity index (χ0v) is 29.0. The minimum absolute atomic E-state index is 0.109. The molecular weight excluding hydrogens is 646 g/mol. The Balaban J connectivity index is 1.20. The highest BCUT2D eigenvalue weighted by molar-refractivity contribution is 7.17. The van der Waals surface area contributed by atoms with E-state index >= 15 is 0 Å². The number of nitrogens with one attached hydrogen (secondary N) is 2. The van der Waals surface area contributed by atoms with Gasteiger partial charge < -0.3 is 25.0 Å². The number of carbonyl (C=O) groups is 4. The number of aromatic nitrogens is 4. The molecule has 14 heteroatoms. The summed E-state index contributed by atoms with van der Waals surface area (Å²) in [5.74, 6) is -0.420. The maximum atomic E-state index is 14.4. The minimum Gasteiger partial charge on any atom is -0.471 e. The van der Waals surface area contributed by atoms with Gasteiger partial charge in [-0.2, -0.15) is 10.1 Å². The second-order valence-electron chi connectivity index (χ2n) is 13.9. The summed E-state index contributed by atoms with van der Waals surface area (Å²) in [6.45, 7) is 2.01. The van der Waals surface area contributed by atoms with Crippen molar-refractivity contribution in [1.82, 2.24) is 35.3 Å². The van der Waals surface area contributed by atoms with Crippen molar-refractivity contribution in [3.8, 4) is 17.4 Å². The van der Waals surface area contributed by atoms with E-state index in [0.29, 0.717) is 36.9 Å². The zero-order valence-electron chi connectivity index (χ0n) is 28.1. The molecule has 5 atom stereocenters. The second-order valence-corrected chi connectivity index (χ2v) is 14.8. The van der Waals surface area contributed by atoms with E-state index < -0.39 is 35.6 Å². The van der Waals surface area contributed by atoms with Crippen molar-refractivity contribution in [3.63, 3.8) is 0 Å². The summed E-state index contributed by atoms with van der Waals surface area (Å²) < 4.78 is 14.2. The molecule has 2 saturated carbocycles. The number of ether oxygens (including phenoxy) is 2. The monoisotopic (exact) mass is 689 g/mol. The Morgan fingerprint density at radius 1 is 1.16 bits per heavy atom. The third-order valence-electron chi connectivity index (χ3n) is 10.1. The third kappa shape index (κ3) is 6.92. The molecule has 13 nitrogen and oxygen atoms in total. The molecule has 1 saturated heterocycles. The molecule has 0 radical (unpaired) electrons. The van der Waals surface area contributed by atoms with Crippen molar-refractivity contribution in [2.75, 3.05) is 13.7 Å². The van der Waals surface area contributed by atoms with E-state index in [1.807, 2.05) is 37.6 Å². The number of thiophene rings is 1. The van der Waals surface area contributed by atoms with Gasteiger partial charge in [0.05, 0.1) is 24.9 Å². The lowest BCUT2D eigenvalue weighted by molar-refractivity contribution is -0.148. The fourth-order valence-corrected chi connectivity index (χ4v) is 7.92. The van der Waals surface area contributed by atoms with Gasteiger partial charge in [-0.1, -0.05) is 25.0 Å². The van der Waals surface area contributed by atoms with Gasteiger partial charge in [0.1, 0.15) is 34.1 Å². The number of allylic oxidation sites excluding steroid dienone is 1. The van der Waals surface area contributed by atoms with Crippen LogP contribution in [0.5, 0.6) is 5.88 Å². The van der Waals surface area contributed by atoms with E-state index in [9.17, 15) is 19.2 Å². The average Bonchev–Trinajstić information content (AvgIpc) is 3.83. The van der Waals surface area contributed by atoms with Crippen LogP contribution in [0.4, 0.5) is 0 Å². The molecular formula is C35H43N7O6S. The van der Waals surface area contributed by atoms with Gasteiger partial charge in [0.2, 0.25) is 23.6 Å². The van der Waals surface area contributed by atoms with Gasteiger partial charge in [-0.3, -0.25) is 19.1 Å². The number of fused-ring (bicyclic) bond motifs is 3. The topological polar surface area (TPSA) is 158 Å². The van der Waals surface area contributed by atoms with E-state index in [2.05, 4.69) is 21.8 Å². The summed E-state index contributed by atoms with van der Waals surface area (Å²) in [5, 5.41) is 12.4.